The van der Waals surface area contributed by atoms with Crippen molar-refractivity contribution in [2.24, 2.45) is 5.73 Å². The van der Waals surface area contributed by atoms with E-state index < -0.39 is 37.2 Å². The summed E-state index contributed by atoms with van der Waals surface area (Å²) in [5.41, 5.74) is 3.82. The lowest BCUT2D eigenvalue weighted by Crippen LogP contribution is -2.45. The Morgan fingerprint density at radius 2 is 1.81 bits per heavy atom. The molecule has 0 radical (unpaired) electrons. The van der Waals surface area contributed by atoms with E-state index in [2.05, 4.69) is 4.72 Å². The molecule has 0 aromatic heterocycles. The van der Waals surface area contributed by atoms with E-state index in [0.29, 0.717) is 12.1 Å². The van der Waals surface area contributed by atoms with Crippen molar-refractivity contribution in [1.82, 2.24) is 4.72 Å². The third-order valence-corrected chi connectivity index (χ3v) is 4.15. The van der Waals surface area contributed by atoms with Gasteiger partial charge in [0.15, 0.2) is 0 Å². The summed E-state index contributed by atoms with van der Waals surface area (Å²) in [7, 11) is -4.02. The number of nitrogens with two attached hydrogens (primary N) is 1. The number of benzene rings is 1. The zero-order chi connectivity index (χ0) is 15.8. The molecule has 0 amide bonds. The highest BCUT2D eigenvalue weighted by atomic mass is 35.5. The van der Waals surface area contributed by atoms with E-state index in [1.54, 1.807) is 13.8 Å². The van der Waals surface area contributed by atoms with Crippen LogP contribution >= 0.6 is 24.0 Å². The van der Waals surface area contributed by atoms with Crippen molar-refractivity contribution in [2.45, 2.75) is 30.5 Å². The van der Waals surface area contributed by atoms with E-state index in [-0.39, 0.29) is 19.0 Å². The number of hydrogen-bond acceptors (Lipinski definition) is 3. The molecule has 0 saturated heterocycles. The molecular weight excluding hydrogens is 352 g/mol. The molecule has 122 valence electrons. The van der Waals surface area contributed by atoms with Crippen molar-refractivity contribution in [3.8, 4) is 0 Å². The summed E-state index contributed by atoms with van der Waals surface area (Å²) >= 11 is 5.62. The van der Waals surface area contributed by atoms with Crippen LogP contribution in [0.1, 0.15) is 19.4 Å². The van der Waals surface area contributed by atoms with Crippen LogP contribution in [-0.4, -0.2) is 20.5 Å². The standard InChI is InChI=1S/C11H14ClF3N2O2S.ClH/c1-10(2,16)6-17-20(18,19)9-4-3-7(5-8(9)12)11(13,14)15;/h3-5,17H,6,16H2,1-2H3;1H. The summed E-state index contributed by atoms with van der Waals surface area (Å²) in [5, 5.41) is -0.498. The van der Waals surface area contributed by atoms with Crippen LogP contribution in [0.5, 0.6) is 0 Å². The molecule has 10 heteroatoms. The molecule has 21 heavy (non-hydrogen) atoms. The zero-order valence-corrected chi connectivity index (χ0v) is 13.6. The number of nitrogens with one attached hydrogen (secondary N) is 1. The van der Waals surface area contributed by atoms with E-state index in [0.717, 1.165) is 6.07 Å². The van der Waals surface area contributed by atoms with Gasteiger partial charge in [-0.3, -0.25) is 0 Å². The molecule has 0 saturated carbocycles. The van der Waals surface area contributed by atoms with Gasteiger partial charge in [-0.2, -0.15) is 13.2 Å². The summed E-state index contributed by atoms with van der Waals surface area (Å²) in [5.74, 6) is 0. The minimum atomic E-state index is -4.58. The number of rotatable bonds is 4. The van der Waals surface area contributed by atoms with E-state index in [4.69, 9.17) is 17.3 Å². The topological polar surface area (TPSA) is 72.2 Å². The molecule has 3 N–H and O–H groups in total. The smallest absolute Gasteiger partial charge is 0.324 e. The normalized spacial score (nSPS) is 12.9. The third kappa shape index (κ3) is 5.99. The van der Waals surface area contributed by atoms with Gasteiger partial charge in [0, 0.05) is 12.1 Å². The molecule has 0 spiro atoms. The van der Waals surface area contributed by atoms with Crippen LogP contribution in [0.15, 0.2) is 23.1 Å². The Balaban J connectivity index is 0.00000400. The maximum Gasteiger partial charge on any atom is 0.416 e. The molecule has 0 aliphatic carbocycles. The molecule has 0 heterocycles. The Labute approximate surface area is 132 Å². The number of halogens is 5. The van der Waals surface area contributed by atoms with Gasteiger partial charge in [-0.15, -0.1) is 12.4 Å². The van der Waals surface area contributed by atoms with Crippen molar-refractivity contribution in [1.29, 1.82) is 0 Å². The van der Waals surface area contributed by atoms with Crippen molar-refractivity contribution in [3.05, 3.63) is 28.8 Å². The molecule has 0 fully saturated rings. The maximum absolute atomic E-state index is 12.5. The average Bonchev–Trinajstić information content (AvgIpc) is 2.24. The summed E-state index contributed by atoms with van der Waals surface area (Å²) in [6, 6.07) is 2.05. The fourth-order valence-electron chi connectivity index (χ4n) is 1.25. The van der Waals surface area contributed by atoms with Crippen molar-refractivity contribution >= 4 is 34.0 Å². The maximum atomic E-state index is 12.5. The Morgan fingerprint density at radius 3 is 2.19 bits per heavy atom. The fraction of sp³-hybridized carbons (Fsp3) is 0.455. The van der Waals surface area contributed by atoms with Crippen LogP contribution in [0, 0.1) is 0 Å². The van der Waals surface area contributed by atoms with Gasteiger partial charge in [0.2, 0.25) is 10.0 Å². The molecule has 1 aromatic carbocycles. The van der Waals surface area contributed by atoms with Gasteiger partial charge in [0.1, 0.15) is 4.90 Å². The number of hydrogen-bond donors (Lipinski definition) is 2. The lowest BCUT2D eigenvalue weighted by Gasteiger charge is -2.19. The molecule has 0 bridgehead atoms. The molecule has 1 aromatic rings. The summed E-state index contributed by atoms with van der Waals surface area (Å²) in [4.78, 5) is -0.420. The van der Waals surface area contributed by atoms with Gasteiger partial charge in [0.05, 0.1) is 10.6 Å². The van der Waals surface area contributed by atoms with E-state index >= 15 is 0 Å². The van der Waals surface area contributed by atoms with Crippen molar-refractivity contribution in [3.63, 3.8) is 0 Å². The second-order valence-electron chi connectivity index (χ2n) is 4.96. The number of alkyl halides is 3. The van der Waals surface area contributed by atoms with E-state index in [1.165, 1.54) is 0 Å². The van der Waals surface area contributed by atoms with Gasteiger partial charge < -0.3 is 5.73 Å². The SMILES string of the molecule is CC(C)(N)CNS(=O)(=O)c1ccc(C(F)(F)F)cc1Cl.Cl. The first kappa shape index (κ1) is 20.5. The second kappa shape index (κ2) is 6.70. The summed E-state index contributed by atoms with van der Waals surface area (Å²) < 4.78 is 63.4. The van der Waals surface area contributed by atoms with Crippen LogP contribution in [-0.2, 0) is 16.2 Å². The van der Waals surface area contributed by atoms with Gasteiger partial charge in [0.25, 0.3) is 0 Å². The average molecular weight is 367 g/mol. The summed E-state index contributed by atoms with van der Waals surface area (Å²) in [6.45, 7) is 3.13. The monoisotopic (exact) mass is 366 g/mol. The minimum Gasteiger partial charge on any atom is -0.324 e. The third-order valence-electron chi connectivity index (χ3n) is 2.27. The minimum absolute atomic E-state index is 0. The molecule has 4 nitrogen and oxygen atoms in total. The first-order valence-electron chi connectivity index (χ1n) is 5.48. The Hall–Kier alpha value is -0.540. The fourth-order valence-corrected chi connectivity index (χ4v) is 3.02. The highest BCUT2D eigenvalue weighted by Crippen LogP contribution is 2.33. The molecule has 0 unspecified atom stereocenters. The number of sulfonamides is 1. The molecule has 0 atom stereocenters. The Morgan fingerprint density at radius 1 is 1.29 bits per heavy atom. The largest absolute Gasteiger partial charge is 0.416 e. The van der Waals surface area contributed by atoms with Crippen LogP contribution < -0.4 is 10.5 Å². The van der Waals surface area contributed by atoms with Crippen molar-refractivity contribution in [2.75, 3.05) is 6.54 Å². The van der Waals surface area contributed by atoms with Crippen LogP contribution in [0.25, 0.3) is 0 Å². The van der Waals surface area contributed by atoms with Gasteiger partial charge in [-0.05, 0) is 32.0 Å². The molecule has 0 aliphatic heterocycles. The van der Waals surface area contributed by atoms with Crippen LogP contribution in [0.2, 0.25) is 5.02 Å². The molecule has 0 aliphatic rings. The predicted molar refractivity (Wildman–Crippen MR) is 77.2 cm³/mol. The molecular formula is C11H15Cl2F3N2O2S. The first-order valence-corrected chi connectivity index (χ1v) is 7.34. The zero-order valence-electron chi connectivity index (χ0n) is 11.2. The highest BCUT2D eigenvalue weighted by Gasteiger charge is 2.32. The van der Waals surface area contributed by atoms with Crippen LogP contribution in [0.3, 0.4) is 0 Å². The van der Waals surface area contributed by atoms with Gasteiger partial charge in [-0.1, -0.05) is 11.6 Å². The Kier molecular flexibility index (Phi) is 6.53. The summed E-state index contributed by atoms with van der Waals surface area (Å²) in [6.07, 6.45) is -4.58. The lowest BCUT2D eigenvalue weighted by molar-refractivity contribution is -0.137. The van der Waals surface area contributed by atoms with Crippen LogP contribution in [0.4, 0.5) is 13.2 Å². The van der Waals surface area contributed by atoms with E-state index in [1.807, 2.05) is 0 Å². The first-order chi connectivity index (χ1) is 8.83. The quantitative estimate of drug-likeness (QED) is 0.860. The Bertz CT molecular complexity index is 598. The predicted octanol–water partition coefficient (Wildman–Crippen LogP) is 2.80. The van der Waals surface area contributed by atoms with Crippen molar-refractivity contribution < 1.29 is 21.6 Å². The van der Waals surface area contributed by atoms with Gasteiger partial charge in [-0.25, -0.2) is 13.1 Å². The molecule has 1 rings (SSSR count). The lowest BCUT2D eigenvalue weighted by atomic mass is 10.1. The van der Waals surface area contributed by atoms with Gasteiger partial charge >= 0.3 is 6.18 Å². The van der Waals surface area contributed by atoms with E-state index in [9.17, 15) is 21.6 Å². The second-order valence-corrected chi connectivity index (χ2v) is 7.10. The highest BCUT2D eigenvalue weighted by molar-refractivity contribution is 7.89.